The average Bonchev–Trinajstić information content (AvgIpc) is 2.82. The summed E-state index contributed by atoms with van der Waals surface area (Å²) in [6.07, 6.45) is 8.47. The Morgan fingerprint density at radius 3 is 1.65 bits per heavy atom. The molecule has 0 aromatic carbocycles. The minimum atomic E-state index is -0.581. The van der Waals surface area contributed by atoms with Gasteiger partial charge < -0.3 is 19.1 Å². The van der Waals surface area contributed by atoms with Crippen LogP contribution in [0.2, 0.25) is 0 Å². The molecule has 2 aliphatic rings. The summed E-state index contributed by atoms with van der Waals surface area (Å²) in [5, 5.41) is 0. The Labute approximate surface area is 153 Å². The summed E-state index contributed by atoms with van der Waals surface area (Å²) in [5.41, 5.74) is 1.77. The van der Waals surface area contributed by atoms with Crippen molar-refractivity contribution in [1.82, 2.24) is 4.90 Å². The summed E-state index contributed by atoms with van der Waals surface area (Å²) >= 11 is 0. The number of rotatable bonds is 4. The summed E-state index contributed by atoms with van der Waals surface area (Å²) in [6.45, 7) is -0.00753. The summed E-state index contributed by atoms with van der Waals surface area (Å²) in [7, 11) is 3.89. The molecule has 0 saturated carbocycles. The first-order chi connectivity index (χ1) is 12.5. The molecule has 0 fully saturated rings. The number of hydrogen-bond donors (Lipinski definition) is 0. The van der Waals surface area contributed by atoms with E-state index in [9.17, 15) is 14.4 Å². The Morgan fingerprint density at radius 2 is 1.27 bits per heavy atom. The van der Waals surface area contributed by atoms with Gasteiger partial charge in [-0.1, -0.05) is 12.8 Å². The maximum atomic E-state index is 12.5. The van der Waals surface area contributed by atoms with E-state index < -0.39 is 17.9 Å². The van der Waals surface area contributed by atoms with Gasteiger partial charge in [0.2, 0.25) is 0 Å². The highest BCUT2D eigenvalue weighted by molar-refractivity contribution is 6.06. The van der Waals surface area contributed by atoms with Crippen molar-refractivity contribution in [1.29, 1.82) is 0 Å². The number of methoxy groups -OCH3 is 3. The molecular formula is C19H25NO6. The molecule has 0 N–H and O–H groups in total. The second kappa shape index (κ2) is 9.22. The predicted octanol–water partition coefficient (Wildman–Crippen LogP) is 2.24. The molecule has 7 heteroatoms. The maximum absolute atomic E-state index is 12.5. The summed E-state index contributed by atoms with van der Waals surface area (Å²) in [4.78, 5) is 38.5. The van der Waals surface area contributed by atoms with Crippen LogP contribution in [0.5, 0.6) is 0 Å². The highest BCUT2D eigenvalue weighted by atomic mass is 16.5. The topological polar surface area (TPSA) is 82.1 Å². The van der Waals surface area contributed by atoms with Crippen LogP contribution in [0.1, 0.15) is 38.5 Å². The summed E-state index contributed by atoms with van der Waals surface area (Å²) in [6, 6.07) is 0. The van der Waals surface area contributed by atoms with Crippen molar-refractivity contribution in [3.63, 3.8) is 0 Å². The SMILES string of the molecule is COC(=O)CN1C=C2CCCCCCC(=C1)C(C(=O)OC)=C2C(=O)OC. The second-order valence-electron chi connectivity index (χ2n) is 6.20. The van der Waals surface area contributed by atoms with Crippen LogP contribution < -0.4 is 0 Å². The largest absolute Gasteiger partial charge is 0.468 e. The fourth-order valence-corrected chi connectivity index (χ4v) is 3.23. The van der Waals surface area contributed by atoms with Crippen LogP contribution in [0.4, 0.5) is 0 Å². The molecule has 2 bridgehead atoms. The van der Waals surface area contributed by atoms with E-state index in [-0.39, 0.29) is 17.7 Å². The first kappa shape index (κ1) is 19.8. The number of carbonyl (C=O) groups excluding carboxylic acids is 3. The van der Waals surface area contributed by atoms with E-state index in [0.29, 0.717) is 24.0 Å². The van der Waals surface area contributed by atoms with E-state index in [1.807, 2.05) is 0 Å². The molecule has 26 heavy (non-hydrogen) atoms. The van der Waals surface area contributed by atoms with Gasteiger partial charge in [0.05, 0.1) is 32.5 Å². The van der Waals surface area contributed by atoms with E-state index in [4.69, 9.17) is 14.2 Å². The van der Waals surface area contributed by atoms with E-state index in [0.717, 1.165) is 25.7 Å². The summed E-state index contributed by atoms with van der Waals surface area (Å²) < 4.78 is 14.6. The number of ether oxygens (including phenoxy) is 3. The van der Waals surface area contributed by atoms with Gasteiger partial charge in [-0.05, 0) is 36.8 Å². The lowest BCUT2D eigenvalue weighted by atomic mass is 9.89. The number of carbonyl (C=O) groups is 3. The van der Waals surface area contributed by atoms with Crippen molar-refractivity contribution < 1.29 is 28.6 Å². The summed E-state index contributed by atoms with van der Waals surface area (Å²) in [5.74, 6) is -1.57. The molecule has 142 valence electrons. The van der Waals surface area contributed by atoms with Crippen molar-refractivity contribution in [2.24, 2.45) is 0 Å². The number of fused-ring (bicyclic) bond motifs is 2. The van der Waals surface area contributed by atoms with E-state index in [2.05, 4.69) is 0 Å². The van der Waals surface area contributed by atoms with E-state index in [1.54, 1.807) is 17.3 Å². The van der Waals surface area contributed by atoms with Gasteiger partial charge >= 0.3 is 17.9 Å². The fourth-order valence-electron chi connectivity index (χ4n) is 3.23. The molecule has 1 aliphatic carbocycles. The molecular weight excluding hydrogens is 338 g/mol. The molecule has 0 amide bonds. The van der Waals surface area contributed by atoms with Gasteiger partial charge in [0.1, 0.15) is 6.54 Å². The van der Waals surface area contributed by atoms with Crippen LogP contribution in [0, 0.1) is 0 Å². The molecule has 0 spiro atoms. The molecule has 0 saturated heterocycles. The quantitative estimate of drug-likeness (QED) is 0.559. The van der Waals surface area contributed by atoms with Crippen LogP contribution in [-0.2, 0) is 28.6 Å². The van der Waals surface area contributed by atoms with Crippen LogP contribution in [0.25, 0.3) is 0 Å². The van der Waals surface area contributed by atoms with Crippen LogP contribution >= 0.6 is 0 Å². The van der Waals surface area contributed by atoms with Gasteiger partial charge in [0, 0.05) is 12.4 Å². The molecule has 0 atom stereocenters. The molecule has 0 aromatic rings. The molecule has 1 heterocycles. The lowest BCUT2D eigenvalue weighted by molar-refractivity contribution is -0.140. The predicted molar refractivity (Wildman–Crippen MR) is 93.6 cm³/mol. The van der Waals surface area contributed by atoms with Gasteiger partial charge in [0.25, 0.3) is 0 Å². The van der Waals surface area contributed by atoms with Gasteiger partial charge in [0.15, 0.2) is 0 Å². The zero-order chi connectivity index (χ0) is 19.1. The number of nitrogens with zero attached hydrogens (tertiary/aromatic N) is 1. The first-order valence-corrected chi connectivity index (χ1v) is 8.67. The number of hydrogen-bond acceptors (Lipinski definition) is 7. The Morgan fingerprint density at radius 1 is 0.808 bits per heavy atom. The third kappa shape index (κ3) is 4.53. The zero-order valence-electron chi connectivity index (χ0n) is 15.5. The van der Waals surface area contributed by atoms with Crippen LogP contribution in [0.15, 0.2) is 34.7 Å². The Balaban J connectivity index is 2.65. The van der Waals surface area contributed by atoms with Gasteiger partial charge in [-0.3, -0.25) is 4.79 Å². The minimum Gasteiger partial charge on any atom is -0.468 e. The monoisotopic (exact) mass is 363 g/mol. The molecule has 0 unspecified atom stereocenters. The third-order valence-electron chi connectivity index (χ3n) is 4.50. The van der Waals surface area contributed by atoms with Crippen molar-refractivity contribution in [2.75, 3.05) is 27.9 Å². The molecule has 2 rings (SSSR count). The molecule has 7 nitrogen and oxygen atoms in total. The first-order valence-electron chi connectivity index (χ1n) is 8.67. The van der Waals surface area contributed by atoms with Crippen molar-refractivity contribution in [3.8, 4) is 0 Å². The average molecular weight is 363 g/mol. The highest BCUT2D eigenvalue weighted by Gasteiger charge is 2.31. The van der Waals surface area contributed by atoms with Crippen molar-refractivity contribution in [2.45, 2.75) is 38.5 Å². The fraction of sp³-hybridized carbons (Fsp3) is 0.526. The molecule has 0 aromatic heterocycles. The minimum absolute atomic E-state index is 0.00753. The van der Waals surface area contributed by atoms with Crippen LogP contribution in [0.3, 0.4) is 0 Å². The lowest BCUT2D eigenvalue weighted by Gasteiger charge is -2.17. The zero-order valence-corrected chi connectivity index (χ0v) is 15.5. The van der Waals surface area contributed by atoms with Gasteiger partial charge in [-0.25, -0.2) is 9.59 Å². The highest BCUT2D eigenvalue weighted by Crippen LogP contribution is 2.34. The van der Waals surface area contributed by atoms with Gasteiger partial charge in [-0.15, -0.1) is 0 Å². The number of esters is 3. The molecule has 0 radical (unpaired) electrons. The normalized spacial score (nSPS) is 17.7. The third-order valence-corrected chi connectivity index (χ3v) is 4.50. The Kier molecular flexibility index (Phi) is 7.00. The Hall–Kier alpha value is -2.57. The van der Waals surface area contributed by atoms with Crippen LogP contribution in [-0.4, -0.2) is 50.7 Å². The standard InChI is InChI=1S/C19H25NO6/c1-24-15(21)12-20-10-13-8-6-4-5-7-9-14(11-20)17(19(23)26-3)16(13)18(22)25-2/h10-11H,4-9,12H2,1-3H3. The smallest absolute Gasteiger partial charge is 0.339 e. The van der Waals surface area contributed by atoms with E-state index >= 15 is 0 Å². The Bertz CT molecular complexity index is 626. The van der Waals surface area contributed by atoms with Crippen molar-refractivity contribution >= 4 is 17.9 Å². The van der Waals surface area contributed by atoms with E-state index in [1.165, 1.54) is 21.3 Å². The maximum Gasteiger partial charge on any atom is 0.339 e. The lowest BCUT2D eigenvalue weighted by Crippen LogP contribution is -2.22. The molecule has 1 aliphatic heterocycles. The second-order valence-corrected chi connectivity index (χ2v) is 6.20. The van der Waals surface area contributed by atoms with Crippen molar-refractivity contribution in [3.05, 3.63) is 34.7 Å². The van der Waals surface area contributed by atoms with Gasteiger partial charge in [-0.2, -0.15) is 0 Å².